The van der Waals surface area contributed by atoms with Crippen molar-refractivity contribution in [3.8, 4) is 6.07 Å². The van der Waals surface area contributed by atoms with Gasteiger partial charge in [0.05, 0.1) is 11.6 Å². The van der Waals surface area contributed by atoms with Crippen LogP contribution in [0.3, 0.4) is 0 Å². The molecule has 0 aliphatic rings. The normalized spacial score (nSPS) is 11.4. The molecule has 0 heterocycles. The van der Waals surface area contributed by atoms with Gasteiger partial charge < -0.3 is 10.6 Å². The van der Waals surface area contributed by atoms with Gasteiger partial charge in [0.1, 0.15) is 6.04 Å². The molecule has 2 rings (SSSR count). The fourth-order valence-electron chi connectivity index (χ4n) is 1.92. The van der Waals surface area contributed by atoms with Gasteiger partial charge in [-0.05, 0) is 49.7 Å². The van der Waals surface area contributed by atoms with E-state index in [9.17, 15) is 4.79 Å². The first-order valence-electron chi connectivity index (χ1n) is 6.83. The number of nitriles is 1. The van der Waals surface area contributed by atoms with E-state index in [2.05, 4.69) is 10.6 Å². The molecule has 0 bridgehead atoms. The molecular formula is C17H16ClN3O. The number of carbonyl (C=O) groups excluding carboxylic acids is 1. The van der Waals surface area contributed by atoms with Gasteiger partial charge in [-0.15, -0.1) is 0 Å². The van der Waals surface area contributed by atoms with E-state index in [1.54, 1.807) is 37.3 Å². The number of anilines is 2. The lowest BCUT2D eigenvalue weighted by molar-refractivity contribution is -0.116. The van der Waals surface area contributed by atoms with Gasteiger partial charge >= 0.3 is 0 Å². The van der Waals surface area contributed by atoms with E-state index in [4.69, 9.17) is 16.9 Å². The Morgan fingerprint density at radius 2 is 2.00 bits per heavy atom. The predicted molar refractivity (Wildman–Crippen MR) is 89.1 cm³/mol. The Bertz CT molecular complexity index is 737. The molecule has 5 heteroatoms. The van der Waals surface area contributed by atoms with Crippen LogP contribution >= 0.6 is 11.6 Å². The minimum atomic E-state index is -0.440. The van der Waals surface area contributed by atoms with Crippen LogP contribution in [0.5, 0.6) is 0 Å². The average Bonchev–Trinajstić information content (AvgIpc) is 2.51. The van der Waals surface area contributed by atoms with Gasteiger partial charge in [0.15, 0.2) is 0 Å². The van der Waals surface area contributed by atoms with Crippen LogP contribution < -0.4 is 10.6 Å². The number of halogens is 1. The van der Waals surface area contributed by atoms with Crippen molar-refractivity contribution in [3.63, 3.8) is 0 Å². The number of hydrogen-bond donors (Lipinski definition) is 2. The summed E-state index contributed by atoms with van der Waals surface area (Å²) in [6.45, 7) is 3.68. The number of amides is 1. The standard InChI is InChI=1S/C17H16ClN3O/c1-11-6-7-15(9-16(11)18)20-12(2)17(22)21-14-5-3-4-13(8-14)10-19/h3-9,12,20H,1-2H3,(H,21,22)/t12-/m0/s1. The Kier molecular flexibility index (Phi) is 5.03. The summed E-state index contributed by atoms with van der Waals surface area (Å²) in [6.07, 6.45) is 0. The van der Waals surface area contributed by atoms with Crippen LogP contribution in [0.4, 0.5) is 11.4 Å². The second kappa shape index (κ2) is 6.97. The minimum Gasteiger partial charge on any atom is -0.374 e. The zero-order valence-electron chi connectivity index (χ0n) is 12.4. The highest BCUT2D eigenvalue weighted by molar-refractivity contribution is 6.31. The average molecular weight is 314 g/mol. The highest BCUT2D eigenvalue weighted by Crippen LogP contribution is 2.20. The molecule has 2 N–H and O–H groups in total. The molecule has 0 unspecified atom stereocenters. The molecule has 1 amide bonds. The molecule has 0 aliphatic heterocycles. The summed E-state index contributed by atoms with van der Waals surface area (Å²) < 4.78 is 0. The fourth-order valence-corrected chi connectivity index (χ4v) is 2.10. The van der Waals surface area contributed by atoms with Gasteiger partial charge in [-0.3, -0.25) is 4.79 Å². The Morgan fingerprint density at radius 1 is 1.23 bits per heavy atom. The maximum absolute atomic E-state index is 12.2. The summed E-state index contributed by atoms with van der Waals surface area (Å²) in [6, 6.07) is 13.9. The van der Waals surface area contributed by atoms with Crippen molar-refractivity contribution in [2.75, 3.05) is 10.6 Å². The van der Waals surface area contributed by atoms with Crippen molar-refractivity contribution in [1.82, 2.24) is 0 Å². The molecular weight excluding hydrogens is 298 g/mol. The Labute approximate surface area is 134 Å². The molecule has 0 saturated carbocycles. The van der Waals surface area contributed by atoms with Crippen molar-refractivity contribution >= 4 is 28.9 Å². The van der Waals surface area contributed by atoms with E-state index in [0.717, 1.165) is 11.3 Å². The van der Waals surface area contributed by atoms with Crippen molar-refractivity contribution in [1.29, 1.82) is 5.26 Å². The molecule has 0 radical (unpaired) electrons. The first kappa shape index (κ1) is 15.9. The lowest BCUT2D eigenvalue weighted by atomic mass is 10.2. The van der Waals surface area contributed by atoms with Crippen LogP contribution in [0.1, 0.15) is 18.1 Å². The summed E-state index contributed by atoms with van der Waals surface area (Å²) in [5.74, 6) is -0.188. The third-order valence-electron chi connectivity index (χ3n) is 3.21. The molecule has 112 valence electrons. The topological polar surface area (TPSA) is 64.9 Å². The number of rotatable bonds is 4. The van der Waals surface area contributed by atoms with E-state index in [1.807, 2.05) is 25.1 Å². The van der Waals surface area contributed by atoms with Gasteiger partial charge in [-0.2, -0.15) is 5.26 Å². The molecule has 22 heavy (non-hydrogen) atoms. The summed E-state index contributed by atoms with van der Waals surface area (Å²) in [5, 5.41) is 15.4. The molecule has 0 saturated heterocycles. The van der Waals surface area contributed by atoms with Crippen molar-refractivity contribution in [2.45, 2.75) is 19.9 Å². The van der Waals surface area contributed by atoms with Crippen LogP contribution in [0.25, 0.3) is 0 Å². The zero-order valence-corrected chi connectivity index (χ0v) is 13.1. The van der Waals surface area contributed by atoms with E-state index in [1.165, 1.54) is 0 Å². The molecule has 0 aromatic heterocycles. The molecule has 0 spiro atoms. The van der Waals surface area contributed by atoms with Gasteiger partial charge in [0.2, 0.25) is 5.91 Å². The van der Waals surface area contributed by atoms with Crippen LogP contribution in [0, 0.1) is 18.3 Å². The molecule has 1 atom stereocenters. The summed E-state index contributed by atoms with van der Waals surface area (Å²) in [5.41, 5.74) is 2.87. The quantitative estimate of drug-likeness (QED) is 0.898. The minimum absolute atomic E-state index is 0.188. The smallest absolute Gasteiger partial charge is 0.246 e. The number of hydrogen-bond acceptors (Lipinski definition) is 3. The fraction of sp³-hybridized carbons (Fsp3) is 0.176. The van der Waals surface area contributed by atoms with Crippen LogP contribution in [-0.2, 0) is 4.79 Å². The Morgan fingerprint density at radius 3 is 2.68 bits per heavy atom. The van der Waals surface area contributed by atoms with Gasteiger partial charge in [0, 0.05) is 16.4 Å². The second-order valence-electron chi connectivity index (χ2n) is 5.01. The summed E-state index contributed by atoms with van der Waals surface area (Å²) >= 11 is 6.07. The molecule has 2 aromatic carbocycles. The van der Waals surface area contributed by atoms with Crippen LogP contribution in [-0.4, -0.2) is 11.9 Å². The molecule has 0 fully saturated rings. The van der Waals surface area contributed by atoms with E-state index < -0.39 is 6.04 Å². The predicted octanol–water partition coefficient (Wildman–Crippen LogP) is 3.96. The highest BCUT2D eigenvalue weighted by atomic mass is 35.5. The maximum Gasteiger partial charge on any atom is 0.246 e. The van der Waals surface area contributed by atoms with Crippen molar-refractivity contribution < 1.29 is 4.79 Å². The lowest BCUT2D eigenvalue weighted by Gasteiger charge is -2.16. The van der Waals surface area contributed by atoms with E-state index in [0.29, 0.717) is 16.3 Å². The lowest BCUT2D eigenvalue weighted by Crippen LogP contribution is -2.31. The first-order valence-corrected chi connectivity index (χ1v) is 7.21. The number of carbonyl (C=O) groups is 1. The van der Waals surface area contributed by atoms with Crippen molar-refractivity contribution in [2.24, 2.45) is 0 Å². The monoisotopic (exact) mass is 313 g/mol. The number of benzene rings is 2. The zero-order chi connectivity index (χ0) is 16.1. The van der Waals surface area contributed by atoms with Gasteiger partial charge in [-0.1, -0.05) is 23.7 Å². The number of nitrogens with zero attached hydrogens (tertiary/aromatic N) is 1. The third-order valence-corrected chi connectivity index (χ3v) is 3.61. The number of aryl methyl sites for hydroxylation is 1. The van der Waals surface area contributed by atoms with Crippen molar-refractivity contribution in [3.05, 3.63) is 58.6 Å². The summed E-state index contributed by atoms with van der Waals surface area (Å²) in [4.78, 5) is 12.2. The van der Waals surface area contributed by atoms with Gasteiger partial charge in [-0.25, -0.2) is 0 Å². The second-order valence-corrected chi connectivity index (χ2v) is 5.42. The maximum atomic E-state index is 12.2. The van der Waals surface area contributed by atoms with Crippen LogP contribution in [0.15, 0.2) is 42.5 Å². The van der Waals surface area contributed by atoms with Gasteiger partial charge in [0.25, 0.3) is 0 Å². The van der Waals surface area contributed by atoms with Crippen LogP contribution in [0.2, 0.25) is 5.02 Å². The highest BCUT2D eigenvalue weighted by Gasteiger charge is 2.13. The largest absolute Gasteiger partial charge is 0.374 e. The van der Waals surface area contributed by atoms with E-state index >= 15 is 0 Å². The van der Waals surface area contributed by atoms with E-state index in [-0.39, 0.29) is 5.91 Å². The molecule has 2 aromatic rings. The molecule has 4 nitrogen and oxygen atoms in total. The number of nitrogens with one attached hydrogen (secondary N) is 2. The first-order chi connectivity index (χ1) is 10.5. The summed E-state index contributed by atoms with van der Waals surface area (Å²) in [7, 11) is 0. The Hall–Kier alpha value is -2.51. The Balaban J connectivity index is 2.02. The SMILES string of the molecule is Cc1ccc(N[C@@H](C)C(=O)Nc2cccc(C#N)c2)cc1Cl. The third kappa shape index (κ3) is 4.00. The molecule has 0 aliphatic carbocycles.